The van der Waals surface area contributed by atoms with Crippen molar-refractivity contribution in [2.75, 3.05) is 25.2 Å². The maximum Gasteiger partial charge on any atom is 0.309 e. The summed E-state index contributed by atoms with van der Waals surface area (Å²) in [6, 6.07) is 0. The van der Waals surface area contributed by atoms with Gasteiger partial charge in [0.15, 0.2) is 0 Å². The molecule has 12 heavy (non-hydrogen) atoms. The molecule has 0 rings (SSSR count). The van der Waals surface area contributed by atoms with Crippen molar-refractivity contribution >= 4 is 17.7 Å². The van der Waals surface area contributed by atoms with Crippen LogP contribution < -0.4 is 0 Å². The first-order valence-corrected chi connectivity index (χ1v) is 5.14. The van der Waals surface area contributed by atoms with Crippen LogP contribution >= 0.6 is 11.8 Å². The van der Waals surface area contributed by atoms with E-state index < -0.39 is 0 Å². The number of aliphatic hydroxyl groups excluding tert-OH is 1. The second kappa shape index (κ2) is 7.43. The molecule has 0 saturated heterocycles. The van der Waals surface area contributed by atoms with E-state index in [1.807, 2.05) is 6.92 Å². The molecule has 0 aliphatic carbocycles. The molecular weight excluding hydrogens is 176 g/mol. The van der Waals surface area contributed by atoms with Crippen molar-refractivity contribution in [2.45, 2.75) is 13.3 Å². The molecule has 4 heteroatoms. The number of esters is 1. The fourth-order valence-electron chi connectivity index (χ4n) is 0.696. The normalized spacial score (nSPS) is 12.6. The summed E-state index contributed by atoms with van der Waals surface area (Å²) in [6.45, 7) is 2.07. The van der Waals surface area contributed by atoms with Gasteiger partial charge in [0.25, 0.3) is 0 Å². The third-order valence-corrected chi connectivity index (χ3v) is 2.73. The van der Waals surface area contributed by atoms with E-state index in [1.165, 1.54) is 7.11 Å². The van der Waals surface area contributed by atoms with Crippen molar-refractivity contribution in [1.82, 2.24) is 0 Å². The van der Waals surface area contributed by atoms with Gasteiger partial charge in [0.05, 0.1) is 13.0 Å². The molecule has 0 amide bonds. The van der Waals surface area contributed by atoms with Crippen LogP contribution in [0.4, 0.5) is 0 Å². The Hall–Kier alpha value is -0.220. The van der Waals surface area contributed by atoms with Crippen LogP contribution in [0.25, 0.3) is 0 Å². The fraction of sp³-hybridized carbons (Fsp3) is 0.875. The van der Waals surface area contributed by atoms with Crippen molar-refractivity contribution in [2.24, 2.45) is 5.92 Å². The molecule has 0 aromatic heterocycles. The largest absolute Gasteiger partial charge is 0.469 e. The lowest BCUT2D eigenvalue weighted by molar-refractivity contribution is -0.143. The average Bonchev–Trinajstić information content (AvgIpc) is 2.10. The Kier molecular flexibility index (Phi) is 7.29. The number of thioether (sulfide) groups is 1. The van der Waals surface area contributed by atoms with Crippen LogP contribution in [0, 0.1) is 5.92 Å². The second-order valence-corrected chi connectivity index (χ2v) is 3.73. The van der Waals surface area contributed by atoms with Gasteiger partial charge in [-0.2, -0.15) is 11.8 Å². The minimum absolute atomic E-state index is 0.0429. The smallest absolute Gasteiger partial charge is 0.309 e. The first kappa shape index (κ1) is 11.8. The summed E-state index contributed by atoms with van der Waals surface area (Å²) in [4.78, 5) is 10.9. The van der Waals surface area contributed by atoms with Gasteiger partial charge in [0.2, 0.25) is 0 Å². The standard InChI is InChI=1S/C8H16O3S/c1-7(8(10)11-2)6-12-5-3-4-9/h7,9H,3-6H2,1-2H3. The van der Waals surface area contributed by atoms with Crippen LogP contribution in [0.15, 0.2) is 0 Å². The molecule has 0 saturated carbocycles. The number of rotatable bonds is 6. The van der Waals surface area contributed by atoms with Crippen LogP contribution in [0.3, 0.4) is 0 Å². The molecule has 3 nitrogen and oxygen atoms in total. The van der Waals surface area contributed by atoms with Crippen LogP contribution in [0.1, 0.15) is 13.3 Å². The third-order valence-electron chi connectivity index (χ3n) is 1.42. The lowest BCUT2D eigenvalue weighted by Crippen LogP contribution is -2.15. The van der Waals surface area contributed by atoms with Crippen LogP contribution in [-0.2, 0) is 9.53 Å². The predicted molar refractivity (Wildman–Crippen MR) is 50.2 cm³/mol. The highest BCUT2D eigenvalue weighted by atomic mass is 32.2. The molecule has 72 valence electrons. The van der Waals surface area contributed by atoms with E-state index in [9.17, 15) is 4.79 Å². The van der Waals surface area contributed by atoms with E-state index in [4.69, 9.17) is 5.11 Å². The second-order valence-electron chi connectivity index (χ2n) is 2.58. The van der Waals surface area contributed by atoms with Crippen LogP contribution in [0.2, 0.25) is 0 Å². The van der Waals surface area contributed by atoms with Crippen molar-refractivity contribution < 1.29 is 14.6 Å². The molecule has 0 bridgehead atoms. The Morgan fingerprint density at radius 3 is 2.83 bits per heavy atom. The summed E-state index contributed by atoms with van der Waals surface area (Å²) in [5.41, 5.74) is 0. The maximum absolute atomic E-state index is 10.9. The SMILES string of the molecule is COC(=O)C(C)CSCCCO. The molecule has 1 unspecified atom stereocenters. The van der Waals surface area contributed by atoms with Crippen molar-refractivity contribution in [3.8, 4) is 0 Å². The number of hydrogen-bond donors (Lipinski definition) is 1. The Morgan fingerprint density at radius 1 is 1.67 bits per heavy atom. The van der Waals surface area contributed by atoms with Gasteiger partial charge in [-0.1, -0.05) is 6.92 Å². The molecule has 1 N–H and O–H groups in total. The highest BCUT2D eigenvalue weighted by molar-refractivity contribution is 7.99. The molecule has 0 aliphatic rings. The third kappa shape index (κ3) is 5.43. The van der Waals surface area contributed by atoms with E-state index in [0.29, 0.717) is 0 Å². The number of aliphatic hydroxyl groups is 1. The number of hydrogen-bond acceptors (Lipinski definition) is 4. The number of methoxy groups -OCH3 is 1. The lowest BCUT2D eigenvalue weighted by atomic mass is 10.2. The zero-order chi connectivity index (χ0) is 9.40. The predicted octanol–water partition coefficient (Wildman–Crippen LogP) is 0.911. The molecule has 0 aromatic carbocycles. The lowest BCUT2D eigenvalue weighted by Gasteiger charge is -2.07. The summed E-state index contributed by atoms with van der Waals surface area (Å²) in [6.07, 6.45) is 0.790. The summed E-state index contributed by atoms with van der Waals surface area (Å²) in [7, 11) is 1.40. The molecule has 0 aliphatic heterocycles. The summed E-state index contributed by atoms with van der Waals surface area (Å²) >= 11 is 1.67. The van der Waals surface area contributed by atoms with E-state index in [1.54, 1.807) is 11.8 Å². The zero-order valence-electron chi connectivity index (χ0n) is 7.58. The fourth-order valence-corrected chi connectivity index (χ4v) is 1.69. The minimum atomic E-state index is -0.161. The van der Waals surface area contributed by atoms with E-state index in [2.05, 4.69) is 4.74 Å². The first-order chi connectivity index (χ1) is 5.72. The number of carbonyl (C=O) groups is 1. The van der Waals surface area contributed by atoms with Crippen molar-refractivity contribution in [3.63, 3.8) is 0 Å². The number of ether oxygens (including phenoxy) is 1. The summed E-state index contributed by atoms with van der Waals surface area (Å²) in [5, 5.41) is 8.48. The number of carbonyl (C=O) groups excluding carboxylic acids is 1. The summed E-state index contributed by atoms with van der Waals surface area (Å²) in [5.74, 6) is 1.47. The molecular formula is C8H16O3S. The van der Waals surface area contributed by atoms with E-state index in [0.717, 1.165) is 17.9 Å². The van der Waals surface area contributed by atoms with E-state index >= 15 is 0 Å². The molecule has 0 spiro atoms. The van der Waals surface area contributed by atoms with Gasteiger partial charge in [0.1, 0.15) is 0 Å². The quantitative estimate of drug-likeness (QED) is 0.502. The monoisotopic (exact) mass is 192 g/mol. The van der Waals surface area contributed by atoms with Crippen LogP contribution in [0.5, 0.6) is 0 Å². The first-order valence-electron chi connectivity index (χ1n) is 3.98. The highest BCUT2D eigenvalue weighted by Crippen LogP contribution is 2.10. The molecule has 0 heterocycles. The van der Waals surface area contributed by atoms with Crippen LogP contribution in [-0.4, -0.2) is 36.3 Å². The maximum atomic E-state index is 10.9. The molecule has 0 radical (unpaired) electrons. The van der Waals surface area contributed by atoms with Gasteiger partial charge in [-0.15, -0.1) is 0 Å². The molecule has 0 aromatic rings. The molecule has 0 fully saturated rings. The molecule has 1 atom stereocenters. The van der Waals surface area contributed by atoms with Crippen molar-refractivity contribution in [3.05, 3.63) is 0 Å². The zero-order valence-corrected chi connectivity index (χ0v) is 8.39. The minimum Gasteiger partial charge on any atom is -0.469 e. The Morgan fingerprint density at radius 2 is 2.33 bits per heavy atom. The average molecular weight is 192 g/mol. The summed E-state index contributed by atoms with van der Waals surface area (Å²) < 4.78 is 4.57. The highest BCUT2D eigenvalue weighted by Gasteiger charge is 2.11. The Labute approximate surface area is 77.5 Å². The van der Waals surface area contributed by atoms with Gasteiger partial charge >= 0.3 is 5.97 Å². The van der Waals surface area contributed by atoms with Gasteiger partial charge < -0.3 is 9.84 Å². The topological polar surface area (TPSA) is 46.5 Å². The van der Waals surface area contributed by atoms with Gasteiger partial charge in [0, 0.05) is 12.4 Å². The van der Waals surface area contributed by atoms with Gasteiger partial charge in [-0.25, -0.2) is 0 Å². The Balaban J connectivity index is 3.31. The van der Waals surface area contributed by atoms with Crippen molar-refractivity contribution in [1.29, 1.82) is 0 Å². The van der Waals surface area contributed by atoms with Gasteiger partial charge in [-0.3, -0.25) is 4.79 Å². The van der Waals surface area contributed by atoms with E-state index in [-0.39, 0.29) is 18.5 Å². The van der Waals surface area contributed by atoms with Gasteiger partial charge in [-0.05, 0) is 12.2 Å². The Bertz CT molecular complexity index is 127.